The largest absolute Gasteiger partial charge is 0.278 e. The highest BCUT2D eigenvalue weighted by Gasteiger charge is 2.29. The predicted molar refractivity (Wildman–Crippen MR) is 66.6 cm³/mol. The van der Waals surface area contributed by atoms with Gasteiger partial charge in [0.15, 0.2) is 0 Å². The van der Waals surface area contributed by atoms with Crippen LogP contribution in [0.5, 0.6) is 0 Å². The maximum absolute atomic E-state index is 11.6. The molecule has 0 saturated carbocycles. The van der Waals surface area contributed by atoms with Gasteiger partial charge >= 0.3 is 0 Å². The first-order valence-corrected chi connectivity index (χ1v) is 6.42. The maximum atomic E-state index is 11.6. The summed E-state index contributed by atoms with van der Waals surface area (Å²) in [4.78, 5) is 24.5. The van der Waals surface area contributed by atoms with E-state index in [1.165, 1.54) is 9.60 Å². The van der Waals surface area contributed by atoms with Crippen LogP contribution in [0.4, 0.5) is 0 Å². The van der Waals surface area contributed by atoms with Gasteiger partial charge in [0.05, 0.1) is 6.54 Å². The lowest BCUT2D eigenvalue weighted by molar-refractivity contribution is -0.139. The van der Waals surface area contributed by atoms with Crippen molar-refractivity contribution in [2.24, 2.45) is 0 Å². The average Bonchev–Trinajstić information content (AvgIpc) is 2.88. The number of hydrogen-bond donors (Lipinski definition) is 0. The zero-order valence-corrected chi connectivity index (χ0v) is 10.00. The van der Waals surface area contributed by atoms with Gasteiger partial charge in [0.2, 0.25) is 11.8 Å². The molecule has 1 aliphatic rings. The zero-order chi connectivity index (χ0) is 11.8. The predicted octanol–water partition coefficient (Wildman–Crippen LogP) is 2.55. The van der Waals surface area contributed by atoms with E-state index in [2.05, 4.69) is 6.07 Å². The van der Waals surface area contributed by atoms with Crippen LogP contribution in [0, 0.1) is 0 Å². The van der Waals surface area contributed by atoms with Gasteiger partial charge in [-0.1, -0.05) is 18.2 Å². The van der Waals surface area contributed by atoms with Gasteiger partial charge in [-0.05, 0) is 22.4 Å². The fraction of sp³-hybridized carbons (Fsp3) is 0.231. The summed E-state index contributed by atoms with van der Waals surface area (Å²) in [6, 6.07) is 8.06. The van der Waals surface area contributed by atoms with Gasteiger partial charge in [0.1, 0.15) is 0 Å². The molecule has 0 atom stereocenters. The van der Waals surface area contributed by atoms with Crippen LogP contribution < -0.4 is 0 Å². The van der Waals surface area contributed by atoms with Gasteiger partial charge in [-0.2, -0.15) is 0 Å². The molecule has 1 aliphatic heterocycles. The van der Waals surface area contributed by atoms with Crippen LogP contribution in [0.1, 0.15) is 18.4 Å². The van der Waals surface area contributed by atoms with Crippen molar-refractivity contribution >= 4 is 33.2 Å². The van der Waals surface area contributed by atoms with Crippen LogP contribution in [0.15, 0.2) is 29.6 Å². The van der Waals surface area contributed by atoms with Crippen molar-refractivity contribution in [3.63, 3.8) is 0 Å². The lowest BCUT2D eigenvalue weighted by atomic mass is 10.2. The highest BCUT2D eigenvalue weighted by Crippen LogP contribution is 2.28. The van der Waals surface area contributed by atoms with Crippen LogP contribution in [-0.4, -0.2) is 16.7 Å². The summed E-state index contributed by atoms with van der Waals surface area (Å²) >= 11 is 1.65. The standard InChI is InChI=1S/C13H11NO2S/c15-12-5-6-13(16)14(12)7-9-8-17-11-4-2-1-3-10(9)11/h1-4,8H,5-7H2. The van der Waals surface area contributed by atoms with E-state index in [9.17, 15) is 9.59 Å². The Balaban J connectivity index is 1.95. The van der Waals surface area contributed by atoms with Crippen LogP contribution in [0.25, 0.3) is 10.1 Å². The normalized spacial score (nSPS) is 16.1. The molecule has 17 heavy (non-hydrogen) atoms. The molecular weight excluding hydrogens is 234 g/mol. The van der Waals surface area contributed by atoms with E-state index in [-0.39, 0.29) is 11.8 Å². The molecule has 86 valence electrons. The minimum atomic E-state index is -0.0507. The Kier molecular flexibility index (Phi) is 2.44. The summed E-state index contributed by atoms with van der Waals surface area (Å²) in [5, 5.41) is 3.17. The Morgan fingerprint density at radius 2 is 1.82 bits per heavy atom. The van der Waals surface area contributed by atoms with Crippen molar-refractivity contribution < 1.29 is 9.59 Å². The lowest BCUT2D eigenvalue weighted by Crippen LogP contribution is -2.28. The van der Waals surface area contributed by atoms with Crippen molar-refractivity contribution in [1.29, 1.82) is 0 Å². The second-order valence-electron chi connectivity index (χ2n) is 4.13. The monoisotopic (exact) mass is 245 g/mol. The van der Waals surface area contributed by atoms with E-state index in [4.69, 9.17) is 0 Å². The van der Waals surface area contributed by atoms with Gasteiger partial charge in [-0.15, -0.1) is 11.3 Å². The van der Waals surface area contributed by atoms with E-state index in [0.717, 1.165) is 10.9 Å². The molecule has 0 aliphatic carbocycles. The van der Waals surface area contributed by atoms with Gasteiger partial charge in [0, 0.05) is 17.5 Å². The SMILES string of the molecule is O=C1CCC(=O)N1Cc1csc2ccccc12. The summed E-state index contributed by atoms with van der Waals surface area (Å²) in [7, 11) is 0. The molecule has 1 fully saturated rings. The van der Waals surface area contributed by atoms with E-state index < -0.39 is 0 Å². The van der Waals surface area contributed by atoms with Crippen molar-refractivity contribution in [2.45, 2.75) is 19.4 Å². The molecule has 1 saturated heterocycles. The van der Waals surface area contributed by atoms with Crippen LogP contribution in [-0.2, 0) is 16.1 Å². The molecule has 1 aromatic carbocycles. The second kappa shape index (κ2) is 3.96. The molecule has 3 rings (SSSR count). The molecule has 0 bridgehead atoms. The third kappa shape index (κ3) is 1.74. The minimum absolute atomic E-state index is 0.0507. The number of amides is 2. The quantitative estimate of drug-likeness (QED) is 0.762. The summed E-state index contributed by atoms with van der Waals surface area (Å²) in [5.41, 5.74) is 1.06. The Hall–Kier alpha value is -1.68. The molecule has 3 nitrogen and oxygen atoms in total. The van der Waals surface area contributed by atoms with E-state index in [1.54, 1.807) is 11.3 Å². The first-order chi connectivity index (χ1) is 8.25. The highest BCUT2D eigenvalue weighted by atomic mass is 32.1. The van der Waals surface area contributed by atoms with Crippen molar-refractivity contribution in [1.82, 2.24) is 4.90 Å². The zero-order valence-electron chi connectivity index (χ0n) is 9.18. The first-order valence-electron chi connectivity index (χ1n) is 5.54. The molecule has 2 aromatic rings. The Morgan fingerprint density at radius 1 is 1.12 bits per heavy atom. The van der Waals surface area contributed by atoms with E-state index in [0.29, 0.717) is 19.4 Å². The van der Waals surface area contributed by atoms with Crippen LogP contribution in [0.3, 0.4) is 0 Å². The smallest absolute Gasteiger partial charge is 0.229 e. The van der Waals surface area contributed by atoms with Crippen molar-refractivity contribution in [3.05, 3.63) is 35.2 Å². The fourth-order valence-electron chi connectivity index (χ4n) is 2.12. The number of hydrogen-bond acceptors (Lipinski definition) is 3. The number of fused-ring (bicyclic) bond motifs is 1. The summed E-state index contributed by atoms with van der Waals surface area (Å²) in [5.74, 6) is -0.101. The molecular formula is C13H11NO2S. The van der Waals surface area contributed by atoms with Crippen molar-refractivity contribution in [3.8, 4) is 0 Å². The topological polar surface area (TPSA) is 37.4 Å². The maximum Gasteiger partial charge on any atom is 0.229 e. The Labute approximate surface area is 103 Å². The molecule has 0 radical (unpaired) electrons. The molecule has 0 unspecified atom stereocenters. The fourth-order valence-corrected chi connectivity index (χ4v) is 3.08. The number of nitrogens with zero attached hydrogens (tertiary/aromatic N) is 1. The number of imide groups is 1. The van der Waals surface area contributed by atoms with Crippen molar-refractivity contribution in [2.75, 3.05) is 0 Å². The number of carbonyl (C=O) groups excluding carboxylic acids is 2. The summed E-state index contributed by atoms with van der Waals surface area (Å²) < 4.78 is 1.20. The van der Waals surface area contributed by atoms with Gasteiger partial charge in [-0.3, -0.25) is 14.5 Å². The first kappa shape index (κ1) is 10.5. The number of rotatable bonds is 2. The minimum Gasteiger partial charge on any atom is -0.278 e. The summed E-state index contributed by atoms with van der Waals surface area (Å²) in [6.07, 6.45) is 0.724. The average molecular weight is 245 g/mol. The van der Waals surface area contributed by atoms with Gasteiger partial charge in [0.25, 0.3) is 0 Å². The number of carbonyl (C=O) groups is 2. The number of thiophene rings is 1. The molecule has 0 spiro atoms. The highest BCUT2D eigenvalue weighted by molar-refractivity contribution is 7.17. The number of likely N-dealkylation sites (tertiary alicyclic amines) is 1. The van der Waals surface area contributed by atoms with E-state index >= 15 is 0 Å². The van der Waals surface area contributed by atoms with Gasteiger partial charge in [-0.25, -0.2) is 0 Å². The third-order valence-electron chi connectivity index (χ3n) is 3.04. The molecule has 1 aromatic heterocycles. The van der Waals surface area contributed by atoms with Gasteiger partial charge < -0.3 is 0 Å². The molecule has 4 heteroatoms. The van der Waals surface area contributed by atoms with Crippen LogP contribution >= 0.6 is 11.3 Å². The Morgan fingerprint density at radius 3 is 2.59 bits per heavy atom. The summed E-state index contributed by atoms with van der Waals surface area (Å²) in [6.45, 7) is 0.418. The molecule has 2 heterocycles. The lowest BCUT2D eigenvalue weighted by Gasteiger charge is -2.12. The second-order valence-corrected chi connectivity index (χ2v) is 5.04. The van der Waals surface area contributed by atoms with E-state index in [1.807, 2.05) is 23.6 Å². The molecule has 2 amide bonds. The number of benzene rings is 1. The third-order valence-corrected chi connectivity index (χ3v) is 4.06. The Bertz CT molecular complexity index is 586. The van der Waals surface area contributed by atoms with Crippen LogP contribution in [0.2, 0.25) is 0 Å². The molecule has 0 N–H and O–H groups in total.